The first-order valence-corrected chi connectivity index (χ1v) is 11.9. The van der Waals surface area contributed by atoms with Gasteiger partial charge in [0.05, 0.1) is 18.4 Å². The lowest BCUT2D eigenvalue weighted by molar-refractivity contribution is -0.113. The number of nitrogens with one attached hydrogen (secondary N) is 2. The maximum Gasteiger partial charge on any atom is 0.255 e. The summed E-state index contributed by atoms with van der Waals surface area (Å²) in [6.45, 7) is 1.96. The van der Waals surface area contributed by atoms with Crippen LogP contribution in [0.15, 0.2) is 53.6 Å². The van der Waals surface area contributed by atoms with E-state index in [2.05, 4.69) is 21.7 Å². The van der Waals surface area contributed by atoms with Gasteiger partial charge in [-0.05, 0) is 85.8 Å². The Hall–Kier alpha value is -3.83. The van der Waals surface area contributed by atoms with Gasteiger partial charge in [0.1, 0.15) is 16.8 Å². The molecule has 0 saturated heterocycles. The first kappa shape index (κ1) is 23.3. The fourth-order valence-corrected chi connectivity index (χ4v) is 4.75. The zero-order valence-corrected chi connectivity index (χ0v) is 19.8. The molecular weight excluding hydrogens is 448 g/mol. The van der Waals surface area contributed by atoms with Crippen molar-refractivity contribution in [2.75, 3.05) is 23.5 Å². The molecule has 0 saturated carbocycles. The third-order valence-corrected chi connectivity index (χ3v) is 6.67. The summed E-state index contributed by atoms with van der Waals surface area (Å²) in [6, 6.07) is 16.0. The second-order valence-electron chi connectivity index (χ2n) is 7.90. The molecule has 1 aliphatic rings. The summed E-state index contributed by atoms with van der Waals surface area (Å²) in [6.07, 6.45) is 2.93. The molecule has 172 valence electrons. The van der Waals surface area contributed by atoms with Gasteiger partial charge < -0.3 is 15.4 Å². The average molecular weight is 473 g/mol. The Labute approximate surface area is 202 Å². The lowest BCUT2D eigenvalue weighted by Gasteiger charge is -2.11. The molecule has 1 aromatic heterocycles. The van der Waals surface area contributed by atoms with Crippen LogP contribution in [0.3, 0.4) is 0 Å². The van der Waals surface area contributed by atoms with Gasteiger partial charge in [-0.1, -0.05) is 11.8 Å². The molecule has 0 spiro atoms. The minimum absolute atomic E-state index is 0.139. The molecule has 2 aromatic carbocycles. The number of aromatic nitrogens is 1. The van der Waals surface area contributed by atoms with Crippen molar-refractivity contribution in [2.24, 2.45) is 0 Å². The van der Waals surface area contributed by atoms with Crippen LogP contribution >= 0.6 is 11.8 Å². The number of nitrogens with zero attached hydrogens (tertiary/aromatic N) is 2. The van der Waals surface area contributed by atoms with Crippen molar-refractivity contribution in [3.05, 3.63) is 76.5 Å². The smallest absolute Gasteiger partial charge is 0.255 e. The molecule has 34 heavy (non-hydrogen) atoms. The Balaban J connectivity index is 1.34. The van der Waals surface area contributed by atoms with Gasteiger partial charge in [0.2, 0.25) is 5.91 Å². The fourth-order valence-electron chi connectivity index (χ4n) is 3.89. The van der Waals surface area contributed by atoms with Crippen LogP contribution < -0.4 is 15.4 Å². The molecule has 4 rings (SSSR count). The van der Waals surface area contributed by atoms with Crippen LogP contribution in [0.5, 0.6) is 5.75 Å². The summed E-state index contributed by atoms with van der Waals surface area (Å²) in [5.74, 6) is 0.395. The van der Waals surface area contributed by atoms with Crippen LogP contribution in [0.1, 0.15) is 39.2 Å². The summed E-state index contributed by atoms with van der Waals surface area (Å²) in [4.78, 5) is 29.6. The summed E-state index contributed by atoms with van der Waals surface area (Å²) in [7, 11) is 1.58. The minimum Gasteiger partial charge on any atom is -0.497 e. The number of thioether (sulfide) groups is 1. The number of aryl methyl sites for hydroxylation is 1. The molecule has 0 atom stereocenters. The summed E-state index contributed by atoms with van der Waals surface area (Å²) in [5, 5.41) is 15.8. The maximum absolute atomic E-state index is 12.5. The van der Waals surface area contributed by atoms with E-state index in [0.717, 1.165) is 30.5 Å². The third kappa shape index (κ3) is 5.21. The van der Waals surface area contributed by atoms with E-state index in [9.17, 15) is 14.9 Å². The molecule has 0 fully saturated rings. The number of nitriles is 1. The lowest BCUT2D eigenvalue weighted by Crippen LogP contribution is -2.15. The van der Waals surface area contributed by atoms with Crippen LogP contribution in [-0.4, -0.2) is 29.7 Å². The van der Waals surface area contributed by atoms with E-state index < -0.39 is 0 Å². The van der Waals surface area contributed by atoms with Crippen molar-refractivity contribution in [3.63, 3.8) is 0 Å². The Kier molecular flexibility index (Phi) is 7.14. The minimum atomic E-state index is -0.249. The largest absolute Gasteiger partial charge is 0.497 e. The first-order valence-electron chi connectivity index (χ1n) is 10.9. The fraction of sp³-hybridized carbons (Fsp3) is 0.231. The van der Waals surface area contributed by atoms with Crippen LogP contribution in [0.2, 0.25) is 0 Å². The number of rotatable bonds is 7. The molecule has 0 unspecified atom stereocenters. The van der Waals surface area contributed by atoms with Crippen molar-refractivity contribution in [3.8, 4) is 11.8 Å². The summed E-state index contributed by atoms with van der Waals surface area (Å²) in [5.41, 5.74) is 5.49. The number of fused-ring (bicyclic) bond motifs is 1. The lowest BCUT2D eigenvalue weighted by atomic mass is 10.0. The SMILES string of the molecule is COc1ccc(NC(=O)c2ccc(NC(=O)CSc3nc4c(c(C)c3C#N)CCC4)cc2)cc1. The van der Waals surface area contributed by atoms with Gasteiger partial charge in [0.25, 0.3) is 5.91 Å². The summed E-state index contributed by atoms with van der Waals surface area (Å²) < 4.78 is 5.11. The Morgan fingerprint density at radius 1 is 1.06 bits per heavy atom. The van der Waals surface area contributed by atoms with E-state index in [0.29, 0.717) is 33.3 Å². The Bertz CT molecular complexity index is 1270. The molecule has 8 heteroatoms. The topological polar surface area (TPSA) is 104 Å². The molecule has 0 aliphatic heterocycles. The van der Waals surface area contributed by atoms with Crippen molar-refractivity contribution < 1.29 is 14.3 Å². The van der Waals surface area contributed by atoms with Gasteiger partial charge in [-0.25, -0.2) is 4.98 Å². The van der Waals surface area contributed by atoms with Gasteiger partial charge in [0, 0.05) is 22.6 Å². The molecule has 1 aliphatic carbocycles. The van der Waals surface area contributed by atoms with Crippen LogP contribution in [0, 0.1) is 18.3 Å². The van der Waals surface area contributed by atoms with E-state index in [1.54, 1.807) is 55.6 Å². The van der Waals surface area contributed by atoms with Crippen molar-refractivity contribution in [2.45, 2.75) is 31.2 Å². The Morgan fingerprint density at radius 2 is 1.74 bits per heavy atom. The second kappa shape index (κ2) is 10.4. The number of anilines is 2. The number of methoxy groups -OCH3 is 1. The maximum atomic E-state index is 12.5. The summed E-state index contributed by atoms with van der Waals surface area (Å²) >= 11 is 1.27. The van der Waals surface area contributed by atoms with Crippen LogP contribution in [0.25, 0.3) is 0 Å². The molecular formula is C26H24N4O3S. The number of amides is 2. The highest BCUT2D eigenvalue weighted by atomic mass is 32.2. The number of ether oxygens (including phenoxy) is 1. The Morgan fingerprint density at radius 3 is 2.41 bits per heavy atom. The number of benzene rings is 2. The highest BCUT2D eigenvalue weighted by Crippen LogP contribution is 2.31. The number of hydrogen-bond acceptors (Lipinski definition) is 6. The number of carbonyl (C=O) groups excluding carboxylic acids is 2. The van der Waals surface area contributed by atoms with Gasteiger partial charge in [-0.15, -0.1) is 0 Å². The van der Waals surface area contributed by atoms with Crippen molar-refractivity contribution >= 4 is 35.0 Å². The van der Waals surface area contributed by atoms with Crippen LogP contribution in [0.4, 0.5) is 11.4 Å². The number of pyridine rings is 1. The van der Waals surface area contributed by atoms with E-state index in [-0.39, 0.29) is 17.6 Å². The predicted molar refractivity (Wildman–Crippen MR) is 132 cm³/mol. The predicted octanol–water partition coefficient (Wildman–Crippen LogP) is 4.74. The van der Waals surface area contributed by atoms with E-state index >= 15 is 0 Å². The molecule has 7 nitrogen and oxygen atoms in total. The molecule has 1 heterocycles. The monoisotopic (exact) mass is 472 g/mol. The molecule has 2 amide bonds. The second-order valence-corrected chi connectivity index (χ2v) is 8.87. The van der Waals surface area contributed by atoms with E-state index in [4.69, 9.17) is 4.74 Å². The highest BCUT2D eigenvalue weighted by molar-refractivity contribution is 8.00. The quantitative estimate of drug-likeness (QED) is 0.481. The van der Waals surface area contributed by atoms with Gasteiger partial charge in [-0.2, -0.15) is 5.26 Å². The highest BCUT2D eigenvalue weighted by Gasteiger charge is 2.21. The van der Waals surface area contributed by atoms with Crippen LogP contribution in [-0.2, 0) is 17.6 Å². The zero-order chi connectivity index (χ0) is 24.1. The molecule has 0 radical (unpaired) electrons. The van der Waals surface area contributed by atoms with Gasteiger partial charge in [0.15, 0.2) is 0 Å². The average Bonchev–Trinajstić information content (AvgIpc) is 3.33. The normalized spacial score (nSPS) is 11.9. The molecule has 0 bridgehead atoms. The van der Waals surface area contributed by atoms with E-state index in [1.807, 2.05) is 6.92 Å². The van der Waals surface area contributed by atoms with E-state index in [1.165, 1.54) is 17.3 Å². The van der Waals surface area contributed by atoms with Gasteiger partial charge in [-0.3, -0.25) is 9.59 Å². The zero-order valence-electron chi connectivity index (χ0n) is 19.0. The van der Waals surface area contributed by atoms with Crippen molar-refractivity contribution in [1.29, 1.82) is 5.26 Å². The molecule has 2 N–H and O–H groups in total. The standard InChI is InChI=1S/C26H24N4O3S/c1-16-21-4-3-5-23(21)30-26(22(16)14-27)34-15-24(31)28-18-8-6-17(7-9-18)25(32)29-19-10-12-20(33-2)13-11-19/h6-13H,3-5,15H2,1-2H3,(H,28,31)(H,29,32). The van der Waals surface area contributed by atoms with Gasteiger partial charge >= 0.3 is 0 Å². The number of carbonyl (C=O) groups is 2. The number of hydrogen-bond donors (Lipinski definition) is 2. The first-order chi connectivity index (χ1) is 16.5. The van der Waals surface area contributed by atoms with Crippen molar-refractivity contribution in [1.82, 2.24) is 4.98 Å². The molecule has 3 aromatic rings. The third-order valence-electron chi connectivity index (χ3n) is 5.70.